The molecule has 0 aliphatic rings. The standard InChI is InChI=1S/C20H33N2O6P/c1-5-6-12-17(21)29(25,26)28-15(4)19(23)22-18(14(2)3)20(24)27-13-16-10-8-7-9-11-16/h7-11,14-15,17-18H,5-6,12-13,21H2,1-4H3,(H,22,23)(H,25,26)/t15-,17?,18-/m0/s1. The Balaban J connectivity index is 2.66. The number of nitrogens with one attached hydrogen (secondary N) is 1. The van der Waals surface area contributed by atoms with Crippen LogP contribution < -0.4 is 11.1 Å². The number of carbonyl (C=O) groups is 2. The van der Waals surface area contributed by atoms with Crippen LogP contribution in [0.1, 0.15) is 52.5 Å². The lowest BCUT2D eigenvalue weighted by atomic mass is 10.0. The lowest BCUT2D eigenvalue weighted by molar-refractivity contribution is -0.151. The molecule has 2 unspecified atom stereocenters. The molecule has 1 aromatic carbocycles. The van der Waals surface area contributed by atoms with Crippen LogP contribution in [0.15, 0.2) is 30.3 Å². The Morgan fingerprint density at radius 1 is 1.21 bits per heavy atom. The predicted molar refractivity (Wildman–Crippen MR) is 111 cm³/mol. The number of esters is 1. The molecular weight excluding hydrogens is 395 g/mol. The zero-order valence-corrected chi connectivity index (χ0v) is 18.4. The van der Waals surface area contributed by atoms with Gasteiger partial charge in [0.05, 0.1) is 0 Å². The minimum absolute atomic E-state index is 0.0863. The van der Waals surface area contributed by atoms with Crippen LogP contribution in [0, 0.1) is 5.92 Å². The zero-order chi connectivity index (χ0) is 22.0. The van der Waals surface area contributed by atoms with Crippen LogP contribution in [-0.4, -0.2) is 34.7 Å². The van der Waals surface area contributed by atoms with E-state index in [9.17, 15) is 19.0 Å². The molecule has 0 heterocycles. The summed E-state index contributed by atoms with van der Waals surface area (Å²) in [5.74, 6) is -2.58. The third-order valence-electron chi connectivity index (χ3n) is 4.39. The fourth-order valence-corrected chi connectivity index (χ4v) is 3.73. The van der Waals surface area contributed by atoms with E-state index in [4.69, 9.17) is 15.0 Å². The van der Waals surface area contributed by atoms with Gasteiger partial charge in [0.25, 0.3) is 0 Å². The number of amides is 1. The second-order valence-corrected chi connectivity index (χ2v) is 9.35. The van der Waals surface area contributed by atoms with Gasteiger partial charge in [-0.05, 0) is 24.8 Å². The molecule has 0 bridgehead atoms. The van der Waals surface area contributed by atoms with E-state index < -0.39 is 37.4 Å². The first-order chi connectivity index (χ1) is 13.6. The minimum atomic E-state index is -4.17. The van der Waals surface area contributed by atoms with Crippen molar-refractivity contribution in [3.63, 3.8) is 0 Å². The Labute approximate surface area is 172 Å². The molecule has 9 heteroatoms. The first kappa shape index (κ1) is 25.3. The van der Waals surface area contributed by atoms with Gasteiger partial charge < -0.3 is 20.7 Å². The molecule has 4 N–H and O–H groups in total. The maximum atomic E-state index is 12.4. The van der Waals surface area contributed by atoms with Gasteiger partial charge in [0.15, 0.2) is 0 Å². The van der Waals surface area contributed by atoms with Gasteiger partial charge in [-0.2, -0.15) is 0 Å². The average Bonchev–Trinajstić information content (AvgIpc) is 2.68. The number of hydrogen-bond acceptors (Lipinski definition) is 6. The normalized spacial score (nSPS) is 16.5. The number of rotatable bonds is 12. The van der Waals surface area contributed by atoms with Gasteiger partial charge in [0, 0.05) is 0 Å². The Kier molecular flexibility index (Phi) is 10.5. The van der Waals surface area contributed by atoms with Gasteiger partial charge in [-0.15, -0.1) is 0 Å². The first-order valence-corrected chi connectivity index (χ1v) is 11.5. The molecule has 0 aliphatic carbocycles. The van der Waals surface area contributed by atoms with Gasteiger partial charge >= 0.3 is 13.6 Å². The summed E-state index contributed by atoms with van der Waals surface area (Å²) in [5.41, 5.74) is 6.56. The number of carbonyl (C=O) groups excluding carboxylic acids is 2. The predicted octanol–water partition coefficient (Wildman–Crippen LogP) is 2.94. The SMILES string of the molecule is CCCCC(N)P(=O)(O)O[C@@H](C)C(=O)N[C@H](C(=O)OCc1ccccc1)C(C)C. The van der Waals surface area contributed by atoms with Gasteiger partial charge in [-0.25, -0.2) is 4.79 Å². The fourth-order valence-electron chi connectivity index (χ4n) is 2.52. The third-order valence-corrected chi connectivity index (χ3v) is 6.11. The maximum Gasteiger partial charge on any atom is 0.345 e. The molecule has 0 radical (unpaired) electrons. The summed E-state index contributed by atoms with van der Waals surface area (Å²) in [4.78, 5) is 34.9. The van der Waals surface area contributed by atoms with E-state index in [0.29, 0.717) is 12.8 Å². The van der Waals surface area contributed by atoms with Crippen molar-refractivity contribution >= 4 is 19.5 Å². The van der Waals surface area contributed by atoms with Crippen LogP contribution >= 0.6 is 7.60 Å². The monoisotopic (exact) mass is 428 g/mol. The van der Waals surface area contributed by atoms with Crippen LogP contribution in [0.3, 0.4) is 0 Å². The minimum Gasteiger partial charge on any atom is -0.459 e. The quantitative estimate of drug-likeness (QED) is 0.345. The van der Waals surface area contributed by atoms with Crippen molar-refractivity contribution < 1.29 is 28.3 Å². The molecule has 1 aromatic rings. The van der Waals surface area contributed by atoms with Crippen LogP contribution in [0.4, 0.5) is 0 Å². The van der Waals surface area contributed by atoms with Gasteiger partial charge in [0.2, 0.25) is 5.91 Å². The van der Waals surface area contributed by atoms with Crippen molar-refractivity contribution in [2.24, 2.45) is 11.7 Å². The Morgan fingerprint density at radius 2 is 1.83 bits per heavy atom. The summed E-state index contributed by atoms with van der Waals surface area (Å²) in [6.45, 7) is 6.89. The maximum absolute atomic E-state index is 12.4. The summed E-state index contributed by atoms with van der Waals surface area (Å²) in [6, 6.07) is 8.27. The van der Waals surface area contributed by atoms with Crippen molar-refractivity contribution in [2.45, 2.75) is 71.5 Å². The number of ether oxygens (including phenoxy) is 1. The smallest absolute Gasteiger partial charge is 0.345 e. The van der Waals surface area contributed by atoms with Crippen LogP contribution in [0.5, 0.6) is 0 Å². The van der Waals surface area contributed by atoms with Crippen LogP contribution in [0.2, 0.25) is 0 Å². The number of benzene rings is 1. The molecule has 0 spiro atoms. The summed E-state index contributed by atoms with van der Waals surface area (Å²) in [7, 11) is -4.17. The van der Waals surface area contributed by atoms with Crippen molar-refractivity contribution in [2.75, 3.05) is 0 Å². The zero-order valence-electron chi connectivity index (χ0n) is 17.5. The lowest BCUT2D eigenvalue weighted by Gasteiger charge is -2.25. The molecule has 0 fully saturated rings. The highest BCUT2D eigenvalue weighted by Gasteiger charge is 2.35. The average molecular weight is 428 g/mol. The van der Waals surface area contributed by atoms with E-state index in [2.05, 4.69) is 5.32 Å². The second-order valence-electron chi connectivity index (χ2n) is 7.34. The van der Waals surface area contributed by atoms with Gasteiger partial charge in [0.1, 0.15) is 24.5 Å². The van der Waals surface area contributed by atoms with Gasteiger partial charge in [-0.3, -0.25) is 13.9 Å². The molecule has 8 nitrogen and oxygen atoms in total. The van der Waals surface area contributed by atoms with E-state index in [0.717, 1.165) is 12.0 Å². The van der Waals surface area contributed by atoms with E-state index in [1.807, 2.05) is 37.3 Å². The summed E-state index contributed by atoms with van der Waals surface area (Å²) >= 11 is 0. The number of hydrogen-bond donors (Lipinski definition) is 3. The highest BCUT2D eigenvalue weighted by Crippen LogP contribution is 2.48. The molecule has 4 atom stereocenters. The summed E-state index contributed by atoms with van der Waals surface area (Å²) < 4.78 is 22.7. The second kappa shape index (κ2) is 12.1. The Bertz CT molecular complexity index is 697. The molecular formula is C20H33N2O6P. The Hall–Kier alpha value is -1.73. The molecule has 1 rings (SSSR count). The summed E-state index contributed by atoms with van der Waals surface area (Å²) in [5, 5.41) is 2.55. The van der Waals surface area contributed by atoms with Crippen molar-refractivity contribution in [1.82, 2.24) is 5.32 Å². The molecule has 1 amide bonds. The largest absolute Gasteiger partial charge is 0.459 e. The van der Waals surface area contributed by atoms with Crippen LogP contribution in [-0.2, 0) is 30.0 Å². The number of unbranched alkanes of at least 4 members (excludes halogenated alkanes) is 1. The summed E-state index contributed by atoms with van der Waals surface area (Å²) in [6.07, 6.45) is 0.573. The van der Waals surface area contributed by atoms with Crippen molar-refractivity contribution in [1.29, 1.82) is 0 Å². The van der Waals surface area contributed by atoms with Crippen LogP contribution in [0.25, 0.3) is 0 Å². The van der Waals surface area contributed by atoms with E-state index in [1.165, 1.54) is 6.92 Å². The highest BCUT2D eigenvalue weighted by atomic mass is 31.2. The number of nitrogens with two attached hydrogens (primary N) is 1. The first-order valence-electron chi connectivity index (χ1n) is 9.85. The molecule has 0 aromatic heterocycles. The highest BCUT2D eigenvalue weighted by molar-refractivity contribution is 7.53. The van der Waals surface area contributed by atoms with Crippen molar-refractivity contribution in [3.8, 4) is 0 Å². The van der Waals surface area contributed by atoms with E-state index >= 15 is 0 Å². The molecule has 0 saturated carbocycles. The molecule has 164 valence electrons. The molecule has 0 aliphatic heterocycles. The topological polar surface area (TPSA) is 128 Å². The Morgan fingerprint density at radius 3 is 2.38 bits per heavy atom. The van der Waals surface area contributed by atoms with E-state index in [-0.39, 0.29) is 12.5 Å². The van der Waals surface area contributed by atoms with Gasteiger partial charge in [-0.1, -0.05) is 63.9 Å². The molecule has 0 saturated heterocycles. The third kappa shape index (κ3) is 8.66. The lowest BCUT2D eigenvalue weighted by Crippen LogP contribution is -2.48. The van der Waals surface area contributed by atoms with E-state index in [1.54, 1.807) is 13.8 Å². The fraction of sp³-hybridized carbons (Fsp3) is 0.600. The molecule has 29 heavy (non-hydrogen) atoms. The van der Waals surface area contributed by atoms with Crippen molar-refractivity contribution in [3.05, 3.63) is 35.9 Å².